The number of carboxylic acids is 1. The van der Waals surface area contributed by atoms with E-state index in [9.17, 15) is 9.90 Å². The summed E-state index contributed by atoms with van der Waals surface area (Å²) in [5.41, 5.74) is 2.23. The lowest BCUT2D eigenvalue weighted by Gasteiger charge is -2.34. The molecule has 3 heteroatoms. The third kappa shape index (κ3) is 1.75. The number of benzene rings is 1. The fourth-order valence-electron chi connectivity index (χ4n) is 5.27. The molecule has 3 aliphatic rings. The molecule has 118 valence electrons. The van der Waals surface area contributed by atoms with Gasteiger partial charge in [-0.2, -0.15) is 0 Å². The van der Waals surface area contributed by atoms with E-state index in [0.717, 1.165) is 13.0 Å². The van der Waals surface area contributed by atoms with Crippen LogP contribution in [0.1, 0.15) is 45.1 Å². The highest BCUT2D eigenvalue weighted by Crippen LogP contribution is 2.88. The zero-order valence-corrected chi connectivity index (χ0v) is 13.5. The molecule has 1 aliphatic heterocycles. The predicted octanol–water partition coefficient (Wildman–Crippen LogP) is 3.29. The molecular weight excluding hydrogens is 274 g/mol. The van der Waals surface area contributed by atoms with Crippen molar-refractivity contribution in [2.75, 3.05) is 6.54 Å². The van der Waals surface area contributed by atoms with Gasteiger partial charge in [-0.15, -0.1) is 0 Å². The first-order valence-electron chi connectivity index (χ1n) is 8.56. The van der Waals surface area contributed by atoms with Gasteiger partial charge in [-0.05, 0) is 49.1 Å². The lowest BCUT2D eigenvalue weighted by Crippen LogP contribution is -2.49. The Balaban J connectivity index is 1.58. The molecule has 0 aromatic heterocycles. The molecule has 2 aliphatic carbocycles. The first kappa shape index (κ1) is 14.3. The van der Waals surface area contributed by atoms with Gasteiger partial charge in [0.25, 0.3) is 0 Å². The van der Waals surface area contributed by atoms with Crippen LogP contribution in [0.2, 0.25) is 0 Å². The van der Waals surface area contributed by atoms with Crippen molar-refractivity contribution in [1.82, 2.24) is 4.90 Å². The van der Waals surface area contributed by atoms with Gasteiger partial charge in [-0.1, -0.05) is 44.2 Å². The number of nitrogens with zero attached hydrogens (tertiary/aromatic N) is 1. The van der Waals surface area contributed by atoms with Crippen LogP contribution in [0.15, 0.2) is 30.3 Å². The van der Waals surface area contributed by atoms with E-state index < -0.39 is 5.97 Å². The quantitative estimate of drug-likeness (QED) is 0.907. The van der Waals surface area contributed by atoms with Crippen LogP contribution in [0.3, 0.4) is 0 Å². The maximum absolute atomic E-state index is 11.7. The highest BCUT2D eigenvalue weighted by atomic mass is 16.4. The molecule has 3 nitrogen and oxygen atoms in total. The molecule has 1 N–H and O–H groups in total. The van der Waals surface area contributed by atoms with Crippen LogP contribution in [0, 0.1) is 11.3 Å². The van der Waals surface area contributed by atoms with Crippen LogP contribution in [0.4, 0.5) is 0 Å². The van der Waals surface area contributed by atoms with Crippen molar-refractivity contribution < 1.29 is 9.90 Å². The molecule has 0 unspecified atom stereocenters. The highest BCUT2D eigenvalue weighted by molar-refractivity contribution is 5.74. The summed E-state index contributed by atoms with van der Waals surface area (Å²) >= 11 is 0. The van der Waals surface area contributed by atoms with Crippen molar-refractivity contribution in [2.24, 2.45) is 11.3 Å². The zero-order chi connectivity index (χ0) is 15.5. The fourth-order valence-corrected chi connectivity index (χ4v) is 5.27. The Hall–Kier alpha value is -1.35. The van der Waals surface area contributed by atoms with Crippen molar-refractivity contribution >= 4 is 5.97 Å². The van der Waals surface area contributed by atoms with Gasteiger partial charge < -0.3 is 5.11 Å². The average molecular weight is 299 g/mol. The van der Waals surface area contributed by atoms with Crippen molar-refractivity contribution in [1.29, 1.82) is 0 Å². The number of likely N-dealkylation sites (tertiary alicyclic amines) is 1. The molecule has 0 amide bonds. The van der Waals surface area contributed by atoms with Crippen molar-refractivity contribution in [3.8, 4) is 0 Å². The lowest BCUT2D eigenvalue weighted by molar-refractivity contribution is -0.145. The van der Waals surface area contributed by atoms with Gasteiger partial charge in [0.1, 0.15) is 6.04 Å². The molecule has 1 aromatic carbocycles. The number of carboxylic acid groups (broad SMARTS) is 1. The number of fused-ring (bicyclic) bond motifs is 1. The summed E-state index contributed by atoms with van der Waals surface area (Å²) in [6.07, 6.45) is 4.84. The molecule has 22 heavy (non-hydrogen) atoms. The Kier molecular flexibility index (Phi) is 2.96. The molecule has 1 saturated heterocycles. The summed E-state index contributed by atoms with van der Waals surface area (Å²) in [5.74, 6) is -0.483. The topological polar surface area (TPSA) is 40.5 Å². The summed E-state index contributed by atoms with van der Waals surface area (Å²) in [6.45, 7) is 5.03. The average Bonchev–Trinajstić information content (AvgIpc) is 3.22. The van der Waals surface area contributed by atoms with Crippen LogP contribution in [0.25, 0.3) is 0 Å². The standard InChI is InChI=1S/C19H25NO2/c1-13(2)16(17(21)22)20-10-6-9-15(20)19-11-18(19,12-19)14-7-4-3-5-8-14/h3-5,7-8,13,15-16H,6,9-12H2,1-2H3,(H,21,22)/t15-,16-,18?,19?/m0/s1. The summed E-state index contributed by atoms with van der Waals surface area (Å²) in [6, 6.07) is 11.0. The number of aliphatic carboxylic acids is 1. The largest absolute Gasteiger partial charge is 0.480 e. The minimum absolute atomic E-state index is 0.165. The van der Waals surface area contributed by atoms with Crippen LogP contribution >= 0.6 is 0 Å². The Bertz CT molecular complexity index is 589. The summed E-state index contributed by atoms with van der Waals surface area (Å²) in [4.78, 5) is 14.1. The zero-order valence-electron chi connectivity index (χ0n) is 13.5. The van der Waals surface area contributed by atoms with Gasteiger partial charge in [0.05, 0.1) is 0 Å². The van der Waals surface area contributed by atoms with E-state index in [4.69, 9.17) is 0 Å². The van der Waals surface area contributed by atoms with Crippen molar-refractivity contribution in [3.63, 3.8) is 0 Å². The maximum Gasteiger partial charge on any atom is 0.321 e. The summed E-state index contributed by atoms with van der Waals surface area (Å²) in [7, 11) is 0. The predicted molar refractivity (Wildman–Crippen MR) is 85.8 cm³/mol. The van der Waals surface area contributed by atoms with Gasteiger partial charge in [-0.3, -0.25) is 9.69 Å². The van der Waals surface area contributed by atoms with E-state index >= 15 is 0 Å². The Morgan fingerprint density at radius 3 is 2.55 bits per heavy atom. The second-order valence-electron chi connectivity index (χ2n) is 7.88. The van der Waals surface area contributed by atoms with E-state index in [1.807, 2.05) is 13.8 Å². The number of rotatable bonds is 5. The van der Waals surface area contributed by atoms with Gasteiger partial charge in [0.15, 0.2) is 0 Å². The van der Waals surface area contributed by atoms with E-state index in [1.165, 1.54) is 24.8 Å². The molecule has 3 fully saturated rings. The minimum Gasteiger partial charge on any atom is -0.480 e. The van der Waals surface area contributed by atoms with Gasteiger partial charge >= 0.3 is 5.97 Å². The van der Waals surface area contributed by atoms with Gasteiger partial charge in [0, 0.05) is 11.5 Å². The van der Waals surface area contributed by atoms with E-state index in [2.05, 4.69) is 35.2 Å². The normalized spacial score (nSPS) is 37.9. The second kappa shape index (κ2) is 4.58. The monoisotopic (exact) mass is 299 g/mol. The third-order valence-electron chi connectivity index (χ3n) is 6.44. The molecule has 0 radical (unpaired) electrons. The first-order valence-corrected chi connectivity index (χ1v) is 8.56. The number of hydrogen-bond donors (Lipinski definition) is 1. The highest BCUT2D eigenvalue weighted by Gasteiger charge is 2.86. The first-order chi connectivity index (χ1) is 10.5. The molecule has 2 saturated carbocycles. The Morgan fingerprint density at radius 1 is 1.27 bits per heavy atom. The van der Waals surface area contributed by atoms with Crippen LogP contribution in [-0.4, -0.2) is 34.6 Å². The van der Waals surface area contributed by atoms with E-state index in [1.54, 1.807) is 0 Å². The molecular formula is C19H25NO2. The summed E-state index contributed by atoms with van der Waals surface area (Å²) in [5, 5.41) is 9.66. The van der Waals surface area contributed by atoms with Crippen molar-refractivity contribution in [3.05, 3.63) is 35.9 Å². The number of hydrogen-bond acceptors (Lipinski definition) is 2. The lowest BCUT2D eigenvalue weighted by atomic mass is 9.97. The molecule has 1 heterocycles. The molecule has 0 spiro atoms. The Morgan fingerprint density at radius 2 is 1.95 bits per heavy atom. The summed E-state index contributed by atoms with van der Waals surface area (Å²) < 4.78 is 0. The smallest absolute Gasteiger partial charge is 0.321 e. The number of carbonyl (C=O) groups is 1. The molecule has 4 rings (SSSR count). The molecule has 0 bridgehead atoms. The fraction of sp³-hybridized carbons (Fsp3) is 0.632. The van der Waals surface area contributed by atoms with Crippen molar-refractivity contribution in [2.45, 2.75) is 57.0 Å². The Labute approximate surface area is 132 Å². The van der Waals surface area contributed by atoms with Crippen LogP contribution in [-0.2, 0) is 10.2 Å². The maximum atomic E-state index is 11.7. The van der Waals surface area contributed by atoms with Gasteiger partial charge in [0.2, 0.25) is 0 Å². The minimum atomic E-state index is -0.648. The van der Waals surface area contributed by atoms with E-state index in [0.29, 0.717) is 16.9 Å². The van der Waals surface area contributed by atoms with Crippen LogP contribution in [0.5, 0.6) is 0 Å². The second-order valence-corrected chi connectivity index (χ2v) is 7.88. The van der Waals surface area contributed by atoms with E-state index in [-0.39, 0.29) is 12.0 Å². The SMILES string of the molecule is CC(C)[C@@H](C(=O)O)N1CCC[C@H]1C12CC1(c1ccccc1)C2. The van der Waals surface area contributed by atoms with Gasteiger partial charge in [-0.25, -0.2) is 0 Å². The third-order valence-corrected chi connectivity index (χ3v) is 6.44. The van der Waals surface area contributed by atoms with Crippen LogP contribution < -0.4 is 0 Å². The molecule has 2 atom stereocenters. The molecule has 1 aromatic rings.